The van der Waals surface area contributed by atoms with E-state index in [1.165, 1.54) is 16.8 Å². The average molecular weight is 449 g/mol. The molecule has 0 bridgehead atoms. The van der Waals surface area contributed by atoms with Gasteiger partial charge in [-0.05, 0) is 62.2 Å². The lowest BCUT2D eigenvalue weighted by Crippen LogP contribution is -2.27. The van der Waals surface area contributed by atoms with E-state index < -0.39 is 0 Å². The van der Waals surface area contributed by atoms with Gasteiger partial charge in [0.1, 0.15) is 6.54 Å². The van der Waals surface area contributed by atoms with Crippen LogP contribution in [0.4, 0.5) is 5.69 Å². The average Bonchev–Trinajstić information content (AvgIpc) is 3.23. The zero-order chi connectivity index (χ0) is 22.8. The van der Waals surface area contributed by atoms with Gasteiger partial charge < -0.3 is 14.4 Å². The smallest absolute Gasteiger partial charge is 0.259 e. The van der Waals surface area contributed by atoms with E-state index >= 15 is 0 Å². The molecule has 2 aromatic carbocycles. The van der Waals surface area contributed by atoms with Crippen LogP contribution in [0, 0.1) is 20.8 Å². The summed E-state index contributed by atoms with van der Waals surface area (Å²) in [7, 11) is 0. The van der Waals surface area contributed by atoms with Crippen molar-refractivity contribution >= 4 is 23.2 Å². The molecule has 0 radical (unpaired) electrons. The summed E-state index contributed by atoms with van der Waals surface area (Å²) in [6, 6.07) is 14.0. The van der Waals surface area contributed by atoms with Crippen molar-refractivity contribution in [3.8, 4) is 22.8 Å². The number of benzene rings is 2. The lowest BCUT2D eigenvalue weighted by atomic mass is 10.1. The fraction of sp³-hybridized carbons (Fsp3) is 0.167. The van der Waals surface area contributed by atoms with Crippen LogP contribution in [0.3, 0.4) is 0 Å². The summed E-state index contributed by atoms with van der Waals surface area (Å²) in [6.07, 6.45) is 1.54. The van der Waals surface area contributed by atoms with E-state index in [0.29, 0.717) is 16.4 Å². The Balaban J connectivity index is 1.55. The highest BCUT2D eigenvalue weighted by atomic mass is 35.5. The first-order valence-electron chi connectivity index (χ1n) is 9.98. The van der Waals surface area contributed by atoms with Crippen molar-refractivity contribution in [1.29, 1.82) is 0 Å². The zero-order valence-electron chi connectivity index (χ0n) is 17.8. The van der Waals surface area contributed by atoms with Gasteiger partial charge in [0.25, 0.3) is 11.4 Å². The Morgan fingerprint density at radius 1 is 1.03 bits per heavy atom. The van der Waals surface area contributed by atoms with Crippen molar-refractivity contribution in [3.05, 3.63) is 86.8 Å². The van der Waals surface area contributed by atoms with E-state index in [4.69, 9.17) is 16.1 Å². The lowest BCUT2D eigenvalue weighted by Gasteiger charge is -2.13. The van der Waals surface area contributed by atoms with Crippen molar-refractivity contribution in [1.82, 2.24) is 14.7 Å². The Kier molecular flexibility index (Phi) is 5.92. The van der Waals surface area contributed by atoms with Crippen molar-refractivity contribution < 1.29 is 9.32 Å². The summed E-state index contributed by atoms with van der Waals surface area (Å²) in [5, 5.41) is 7.51. The van der Waals surface area contributed by atoms with Crippen LogP contribution in [0.2, 0.25) is 5.02 Å². The molecule has 32 heavy (non-hydrogen) atoms. The monoisotopic (exact) mass is 448 g/mol. The van der Waals surface area contributed by atoms with Gasteiger partial charge in [0.15, 0.2) is 0 Å². The molecule has 0 fully saturated rings. The van der Waals surface area contributed by atoms with Gasteiger partial charge in [-0.2, -0.15) is 4.98 Å². The van der Waals surface area contributed by atoms with Gasteiger partial charge in [0.05, 0.1) is 5.56 Å². The fourth-order valence-corrected chi connectivity index (χ4v) is 3.68. The summed E-state index contributed by atoms with van der Waals surface area (Å²) in [4.78, 5) is 29.4. The predicted molar refractivity (Wildman–Crippen MR) is 124 cm³/mol. The molecule has 0 aliphatic heterocycles. The lowest BCUT2D eigenvalue weighted by molar-refractivity contribution is -0.116. The highest BCUT2D eigenvalue weighted by Gasteiger charge is 2.14. The summed E-state index contributed by atoms with van der Waals surface area (Å²) < 4.78 is 6.68. The van der Waals surface area contributed by atoms with Crippen LogP contribution in [0.15, 0.2) is 64.0 Å². The molecule has 1 amide bonds. The number of halogens is 1. The molecule has 1 N–H and O–H groups in total. The molecule has 7 nitrogen and oxygen atoms in total. The molecule has 162 valence electrons. The third-order valence-corrected chi connectivity index (χ3v) is 5.27. The number of rotatable bonds is 5. The van der Waals surface area contributed by atoms with Gasteiger partial charge in [-0.15, -0.1) is 0 Å². The number of hydrogen-bond acceptors (Lipinski definition) is 5. The Morgan fingerprint density at radius 2 is 1.69 bits per heavy atom. The number of nitrogens with zero attached hydrogens (tertiary/aromatic N) is 3. The van der Waals surface area contributed by atoms with E-state index in [0.717, 1.165) is 27.9 Å². The van der Waals surface area contributed by atoms with Crippen LogP contribution in [0.5, 0.6) is 0 Å². The molecule has 4 rings (SSSR count). The van der Waals surface area contributed by atoms with E-state index in [1.807, 2.05) is 32.9 Å². The second-order valence-corrected chi connectivity index (χ2v) is 8.07. The molecule has 2 heterocycles. The number of hydrogen-bond donors (Lipinski definition) is 1. The molecule has 0 spiro atoms. The number of nitrogens with one attached hydrogen (secondary N) is 1. The minimum Gasteiger partial charge on any atom is -0.334 e. The number of carbonyl (C=O) groups is 1. The van der Waals surface area contributed by atoms with E-state index in [2.05, 4.69) is 15.5 Å². The molecule has 4 aromatic rings. The van der Waals surface area contributed by atoms with Crippen LogP contribution >= 0.6 is 11.6 Å². The van der Waals surface area contributed by atoms with Crippen LogP contribution in [-0.2, 0) is 11.3 Å². The van der Waals surface area contributed by atoms with E-state index in [9.17, 15) is 9.59 Å². The Hall–Kier alpha value is -3.71. The Labute approximate surface area is 189 Å². The molecule has 8 heteroatoms. The molecular formula is C24H21ClN4O3. The first-order valence-corrected chi connectivity index (χ1v) is 10.4. The van der Waals surface area contributed by atoms with Crippen molar-refractivity contribution in [2.24, 2.45) is 0 Å². The number of aryl methyl sites for hydroxylation is 3. The third-order valence-electron chi connectivity index (χ3n) is 5.01. The van der Waals surface area contributed by atoms with Crippen LogP contribution in [-0.4, -0.2) is 20.6 Å². The Morgan fingerprint density at radius 3 is 2.38 bits per heavy atom. The largest absolute Gasteiger partial charge is 0.334 e. The van der Waals surface area contributed by atoms with Crippen molar-refractivity contribution in [2.45, 2.75) is 27.3 Å². The number of pyridine rings is 1. The molecule has 0 aliphatic rings. The van der Waals surface area contributed by atoms with Gasteiger partial charge in [-0.1, -0.05) is 34.5 Å². The van der Waals surface area contributed by atoms with E-state index in [-0.39, 0.29) is 23.9 Å². The topological polar surface area (TPSA) is 90.0 Å². The zero-order valence-corrected chi connectivity index (χ0v) is 18.6. The quantitative estimate of drug-likeness (QED) is 0.474. The van der Waals surface area contributed by atoms with Crippen LogP contribution in [0.25, 0.3) is 22.8 Å². The summed E-state index contributed by atoms with van der Waals surface area (Å²) in [6.45, 7) is 5.75. The van der Waals surface area contributed by atoms with Gasteiger partial charge >= 0.3 is 0 Å². The van der Waals surface area contributed by atoms with Crippen LogP contribution < -0.4 is 10.9 Å². The highest BCUT2D eigenvalue weighted by Crippen LogP contribution is 2.24. The molecule has 0 atom stereocenters. The van der Waals surface area contributed by atoms with Crippen molar-refractivity contribution in [2.75, 3.05) is 5.32 Å². The van der Waals surface area contributed by atoms with Crippen molar-refractivity contribution in [3.63, 3.8) is 0 Å². The molecule has 0 saturated carbocycles. The molecule has 0 saturated heterocycles. The predicted octanol–water partition coefficient (Wildman–Crippen LogP) is 4.78. The van der Waals surface area contributed by atoms with E-state index in [1.54, 1.807) is 30.3 Å². The maximum Gasteiger partial charge on any atom is 0.259 e. The SMILES string of the molecule is Cc1cc(C)c(NC(=O)Cn2cc(-c3nc(-c4ccc(Cl)cc4)no3)ccc2=O)c(C)c1. The maximum atomic E-state index is 12.7. The summed E-state index contributed by atoms with van der Waals surface area (Å²) >= 11 is 5.92. The maximum absolute atomic E-state index is 12.7. The molecule has 0 unspecified atom stereocenters. The number of aromatic nitrogens is 3. The fourth-order valence-electron chi connectivity index (χ4n) is 3.55. The number of anilines is 1. The summed E-state index contributed by atoms with van der Waals surface area (Å²) in [5.74, 6) is 0.346. The van der Waals surface area contributed by atoms with Gasteiger partial charge in [0, 0.05) is 28.5 Å². The van der Waals surface area contributed by atoms with Gasteiger partial charge in [-0.25, -0.2) is 0 Å². The molecular weight excluding hydrogens is 428 g/mol. The number of carbonyl (C=O) groups excluding carboxylic acids is 1. The second-order valence-electron chi connectivity index (χ2n) is 7.64. The van der Waals surface area contributed by atoms with Gasteiger partial charge in [-0.3, -0.25) is 9.59 Å². The van der Waals surface area contributed by atoms with Gasteiger partial charge in [0.2, 0.25) is 11.7 Å². The normalized spacial score (nSPS) is 10.9. The first kappa shape index (κ1) is 21.5. The highest BCUT2D eigenvalue weighted by molar-refractivity contribution is 6.30. The first-order chi connectivity index (χ1) is 15.3. The molecule has 0 aliphatic carbocycles. The number of amides is 1. The second kappa shape index (κ2) is 8.80. The third kappa shape index (κ3) is 4.63. The van der Waals surface area contributed by atoms with Crippen LogP contribution in [0.1, 0.15) is 16.7 Å². The summed E-state index contributed by atoms with van der Waals surface area (Å²) in [5.41, 5.74) is 4.80. The minimum absolute atomic E-state index is 0.141. The molecule has 2 aromatic heterocycles. The Bertz CT molecular complexity index is 1330. The standard InChI is InChI=1S/C24H21ClN4O3/c1-14-10-15(2)22(16(3)11-14)26-20(30)13-29-12-18(6-9-21(29)31)24-27-23(28-32-24)17-4-7-19(25)8-5-17/h4-12H,13H2,1-3H3,(H,26,30). The minimum atomic E-state index is -0.307.